The zero-order chi connectivity index (χ0) is 21.7. The lowest BCUT2D eigenvalue weighted by molar-refractivity contribution is -0.137. The number of nitrogens with zero attached hydrogens (tertiary/aromatic N) is 1. The molecular weight excluding hydrogens is 456 g/mol. The number of hydrogen-bond donors (Lipinski definition) is 1. The molecule has 0 saturated heterocycles. The summed E-state index contributed by atoms with van der Waals surface area (Å²) in [6.45, 7) is 1.49. The first-order chi connectivity index (χ1) is 13.4. The van der Waals surface area contributed by atoms with Gasteiger partial charge in [-0.2, -0.15) is 18.3 Å². The lowest BCUT2D eigenvalue weighted by Crippen LogP contribution is -2.33. The van der Waals surface area contributed by atoms with Crippen LogP contribution in [0, 0.1) is 0 Å². The molecule has 0 saturated carbocycles. The van der Waals surface area contributed by atoms with E-state index in [4.69, 9.17) is 44.3 Å². The maximum Gasteiger partial charge on any atom is 0.416 e. The quantitative estimate of drug-likeness (QED) is 0.333. The molecule has 29 heavy (non-hydrogen) atoms. The van der Waals surface area contributed by atoms with E-state index >= 15 is 0 Å². The van der Waals surface area contributed by atoms with Crippen molar-refractivity contribution in [2.75, 3.05) is 0 Å². The average molecular weight is 470 g/mol. The predicted octanol–water partition coefficient (Wildman–Crippen LogP) is 5.74. The molecule has 1 unspecified atom stereocenters. The Labute approximate surface area is 179 Å². The van der Waals surface area contributed by atoms with Crippen LogP contribution in [0.2, 0.25) is 0 Å². The SMILES string of the molecule is CC(Oc1ccc(Oc2ccc(C(F)(F)F)cc2)cc1)C(=O)NN=CC(Cl)(Cl)Cl. The van der Waals surface area contributed by atoms with Crippen LogP contribution in [0.4, 0.5) is 13.2 Å². The molecular formula is C18H14Cl3F3N2O3. The molecule has 2 rings (SSSR count). The van der Waals surface area contributed by atoms with Crippen molar-refractivity contribution in [3.8, 4) is 17.2 Å². The summed E-state index contributed by atoms with van der Waals surface area (Å²) in [6.07, 6.45) is -4.38. The number of rotatable bonds is 6. The van der Waals surface area contributed by atoms with Crippen LogP contribution in [0.15, 0.2) is 53.6 Å². The molecule has 2 aromatic carbocycles. The van der Waals surface area contributed by atoms with E-state index in [0.29, 0.717) is 11.5 Å². The summed E-state index contributed by atoms with van der Waals surface area (Å²) < 4.78 is 46.9. The summed E-state index contributed by atoms with van der Waals surface area (Å²) in [6, 6.07) is 10.4. The number of ether oxygens (including phenoxy) is 2. The second-order valence-electron chi connectivity index (χ2n) is 5.63. The Bertz CT molecular complexity index is 852. The highest BCUT2D eigenvalue weighted by molar-refractivity contribution is 6.74. The van der Waals surface area contributed by atoms with Crippen LogP contribution in [0.1, 0.15) is 12.5 Å². The van der Waals surface area contributed by atoms with Gasteiger partial charge in [0.1, 0.15) is 17.2 Å². The van der Waals surface area contributed by atoms with E-state index in [0.717, 1.165) is 18.3 Å². The van der Waals surface area contributed by atoms with Crippen LogP contribution in [0.5, 0.6) is 17.2 Å². The molecule has 1 atom stereocenters. The van der Waals surface area contributed by atoms with Crippen LogP contribution < -0.4 is 14.9 Å². The van der Waals surface area contributed by atoms with Gasteiger partial charge >= 0.3 is 6.18 Å². The molecule has 2 aromatic rings. The van der Waals surface area contributed by atoms with Gasteiger partial charge in [-0.15, -0.1) is 0 Å². The minimum Gasteiger partial charge on any atom is -0.481 e. The zero-order valence-electron chi connectivity index (χ0n) is 14.7. The third-order valence-electron chi connectivity index (χ3n) is 3.31. The Balaban J connectivity index is 1.91. The monoisotopic (exact) mass is 468 g/mol. The zero-order valence-corrected chi connectivity index (χ0v) is 17.0. The van der Waals surface area contributed by atoms with Crippen LogP contribution in [-0.2, 0) is 11.0 Å². The Morgan fingerprint density at radius 3 is 1.97 bits per heavy atom. The molecule has 11 heteroatoms. The normalized spacial score (nSPS) is 13.2. The fourth-order valence-corrected chi connectivity index (χ4v) is 2.10. The Kier molecular flexibility index (Phi) is 7.62. The molecule has 0 fully saturated rings. The molecule has 156 valence electrons. The number of carbonyl (C=O) groups excluding carboxylic acids is 1. The van der Waals surface area contributed by atoms with Crippen LogP contribution in [0.3, 0.4) is 0 Å². The van der Waals surface area contributed by atoms with Gasteiger partial charge in [0, 0.05) is 0 Å². The molecule has 0 bridgehead atoms. The van der Waals surface area contributed by atoms with Crippen molar-refractivity contribution in [1.29, 1.82) is 0 Å². The van der Waals surface area contributed by atoms with Gasteiger partial charge in [0.25, 0.3) is 5.91 Å². The van der Waals surface area contributed by atoms with E-state index in [-0.39, 0.29) is 5.75 Å². The van der Waals surface area contributed by atoms with Gasteiger partial charge in [-0.3, -0.25) is 4.79 Å². The van der Waals surface area contributed by atoms with E-state index in [1.165, 1.54) is 31.2 Å². The van der Waals surface area contributed by atoms with Gasteiger partial charge in [0.2, 0.25) is 3.79 Å². The smallest absolute Gasteiger partial charge is 0.416 e. The first-order valence-electron chi connectivity index (χ1n) is 7.97. The highest BCUT2D eigenvalue weighted by atomic mass is 35.6. The van der Waals surface area contributed by atoms with Gasteiger partial charge in [-0.05, 0) is 55.5 Å². The maximum absolute atomic E-state index is 12.6. The van der Waals surface area contributed by atoms with Crippen molar-refractivity contribution in [2.24, 2.45) is 5.10 Å². The van der Waals surface area contributed by atoms with E-state index in [2.05, 4.69) is 10.5 Å². The molecule has 0 spiro atoms. The van der Waals surface area contributed by atoms with Crippen LogP contribution in [0.25, 0.3) is 0 Å². The van der Waals surface area contributed by atoms with Gasteiger partial charge < -0.3 is 9.47 Å². The number of carbonyl (C=O) groups is 1. The summed E-state index contributed by atoms with van der Waals surface area (Å²) in [5, 5.41) is 3.50. The highest BCUT2D eigenvalue weighted by Gasteiger charge is 2.30. The van der Waals surface area contributed by atoms with Crippen molar-refractivity contribution in [3.05, 3.63) is 54.1 Å². The Morgan fingerprint density at radius 1 is 1.00 bits per heavy atom. The standard InChI is InChI=1S/C18H14Cl3F3N2O3/c1-11(16(27)26-25-10-17(19,20)21)28-13-6-8-15(9-7-13)29-14-4-2-12(3-5-14)18(22,23)24/h2-11H,1H3,(H,26,27). The van der Waals surface area contributed by atoms with Gasteiger partial charge in [0.05, 0.1) is 11.8 Å². The van der Waals surface area contributed by atoms with Gasteiger partial charge in [-0.25, -0.2) is 5.43 Å². The lowest BCUT2D eigenvalue weighted by Gasteiger charge is -2.14. The first-order valence-corrected chi connectivity index (χ1v) is 9.10. The number of halogens is 6. The summed E-state index contributed by atoms with van der Waals surface area (Å²) in [5.41, 5.74) is 1.40. The summed E-state index contributed by atoms with van der Waals surface area (Å²) in [7, 11) is 0. The molecule has 0 aliphatic rings. The largest absolute Gasteiger partial charge is 0.481 e. The summed E-state index contributed by atoms with van der Waals surface area (Å²) >= 11 is 16.4. The topological polar surface area (TPSA) is 59.9 Å². The fraction of sp³-hybridized carbons (Fsp3) is 0.222. The predicted molar refractivity (Wildman–Crippen MR) is 105 cm³/mol. The Morgan fingerprint density at radius 2 is 1.48 bits per heavy atom. The van der Waals surface area contributed by atoms with Crippen molar-refractivity contribution < 1.29 is 27.4 Å². The average Bonchev–Trinajstić information content (AvgIpc) is 2.62. The molecule has 0 aliphatic carbocycles. The van der Waals surface area contributed by atoms with Gasteiger partial charge in [0.15, 0.2) is 6.10 Å². The first kappa shape index (κ1) is 23.1. The molecule has 1 amide bonds. The third kappa shape index (κ3) is 8.00. The molecule has 1 N–H and O–H groups in total. The van der Waals surface area contributed by atoms with E-state index in [1.807, 2.05) is 0 Å². The minimum atomic E-state index is -4.41. The van der Waals surface area contributed by atoms with E-state index in [9.17, 15) is 18.0 Å². The molecule has 0 heterocycles. The second kappa shape index (κ2) is 9.56. The minimum absolute atomic E-state index is 0.242. The van der Waals surface area contributed by atoms with Crippen LogP contribution in [-0.4, -0.2) is 22.0 Å². The number of nitrogens with one attached hydrogen (secondary N) is 1. The number of hydrazone groups is 1. The van der Waals surface area contributed by atoms with Crippen molar-refractivity contribution in [3.63, 3.8) is 0 Å². The number of amides is 1. The highest BCUT2D eigenvalue weighted by Crippen LogP contribution is 2.31. The van der Waals surface area contributed by atoms with Gasteiger partial charge in [-0.1, -0.05) is 34.8 Å². The van der Waals surface area contributed by atoms with Crippen molar-refractivity contribution in [1.82, 2.24) is 5.43 Å². The summed E-state index contributed by atoms with van der Waals surface area (Å²) in [5.74, 6) is 0.408. The maximum atomic E-state index is 12.6. The summed E-state index contributed by atoms with van der Waals surface area (Å²) in [4.78, 5) is 11.9. The van der Waals surface area contributed by atoms with Crippen LogP contribution >= 0.6 is 34.8 Å². The number of benzene rings is 2. The second-order valence-corrected chi connectivity index (χ2v) is 8.00. The molecule has 0 aromatic heterocycles. The molecule has 0 aliphatic heterocycles. The number of alkyl halides is 6. The van der Waals surface area contributed by atoms with E-state index < -0.39 is 27.5 Å². The van der Waals surface area contributed by atoms with Crippen molar-refractivity contribution in [2.45, 2.75) is 23.0 Å². The van der Waals surface area contributed by atoms with E-state index in [1.54, 1.807) is 12.1 Å². The van der Waals surface area contributed by atoms with Crippen molar-refractivity contribution >= 4 is 46.9 Å². The molecule has 0 radical (unpaired) electrons. The Hall–Kier alpha value is -2.16. The fourth-order valence-electron chi connectivity index (χ4n) is 1.95. The lowest BCUT2D eigenvalue weighted by atomic mass is 10.2. The third-order valence-corrected chi connectivity index (χ3v) is 3.60. The molecule has 5 nitrogen and oxygen atoms in total. The number of hydrogen-bond acceptors (Lipinski definition) is 4.